The third-order valence-electron chi connectivity index (χ3n) is 2.96. The van der Waals surface area contributed by atoms with Crippen LogP contribution in [0.3, 0.4) is 0 Å². The molecule has 3 aromatic rings. The molecule has 0 saturated heterocycles. The summed E-state index contributed by atoms with van der Waals surface area (Å²) in [6.45, 7) is 0. The van der Waals surface area contributed by atoms with Gasteiger partial charge in [0.25, 0.3) is 0 Å². The number of rotatable bonds is 2. The van der Waals surface area contributed by atoms with Crippen molar-refractivity contribution >= 4 is 10.9 Å². The Balaban J connectivity index is 2.01. The second-order valence-corrected chi connectivity index (χ2v) is 4.27. The highest BCUT2D eigenvalue weighted by molar-refractivity contribution is 5.78. The van der Waals surface area contributed by atoms with Gasteiger partial charge in [-0.15, -0.1) is 0 Å². The van der Waals surface area contributed by atoms with Crippen LogP contribution in [-0.4, -0.2) is 15.1 Å². The van der Waals surface area contributed by atoms with Gasteiger partial charge in [-0.2, -0.15) is 0 Å². The lowest BCUT2D eigenvalue weighted by Crippen LogP contribution is -2.03. The molecule has 0 radical (unpaired) electrons. The van der Waals surface area contributed by atoms with Crippen molar-refractivity contribution in [2.24, 2.45) is 0 Å². The van der Waals surface area contributed by atoms with Gasteiger partial charge in [-0.05, 0) is 24.3 Å². The first-order valence-electron chi connectivity index (χ1n) is 5.88. The summed E-state index contributed by atoms with van der Waals surface area (Å²) in [5.74, 6) is -0.424. The van der Waals surface area contributed by atoms with Crippen molar-refractivity contribution < 1.29 is 9.50 Å². The average Bonchev–Trinajstić information content (AvgIpc) is 2.47. The van der Waals surface area contributed by atoms with Crippen LogP contribution < -0.4 is 0 Å². The van der Waals surface area contributed by atoms with Crippen LogP contribution in [0.25, 0.3) is 10.9 Å². The molecule has 1 atom stereocenters. The zero-order valence-corrected chi connectivity index (χ0v) is 9.99. The van der Waals surface area contributed by atoms with E-state index >= 15 is 0 Å². The van der Waals surface area contributed by atoms with Crippen molar-refractivity contribution in [2.45, 2.75) is 6.10 Å². The van der Waals surface area contributed by atoms with Gasteiger partial charge < -0.3 is 5.11 Å². The highest BCUT2D eigenvalue weighted by atomic mass is 19.1. The highest BCUT2D eigenvalue weighted by Crippen LogP contribution is 2.22. The van der Waals surface area contributed by atoms with Crippen molar-refractivity contribution in [1.82, 2.24) is 9.97 Å². The highest BCUT2D eigenvalue weighted by Gasteiger charge is 2.12. The number of para-hydroxylation sites is 1. The number of hydrogen-bond acceptors (Lipinski definition) is 3. The van der Waals surface area contributed by atoms with E-state index in [0.717, 1.165) is 17.1 Å². The van der Waals surface area contributed by atoms with Crippen LogP contribution >= 0.6 is 0 Å². The lowest BCUT2D eigenvalue weighted by Gasteiger charge is -2.10. The predicted octanol–water partition coefficient (Wildman–Crippen LogP) is 2.85. The van der Waals surface area contributed by atoms with E-state index in [9.17, 15) is 9.50 Å². The molecule has 2 heterocycles. The summed E-state index contributed by atoms with van der Waals surface area (Å²) in [5, 5.41) is 11.2. The Labute approximate surface area is 109 Å². The largest absolute Gasteiger partial charge is 0.382 e. The third-order valence-corrected chi connectivity index (χ3v) is 2.96. The molecule has 0 aliphatic heterocycles. The lowest BCUT2D eigenvalue weighted by molar-refractivity contribution is 0.215. The number of hydrogen-bond donors (Lipinski definition) is 1. The Kier molecular flexibility index (Phi) is 2.93. The van der Waals surface area contributed by atoms with Gasteiger partial charge in [0.1, 0.15) is 11.9 Å². The van der Waals surface area contributed by atoms with E-state index in [-0.39, 0.29) is 0 Å². The molecular weight excluding hydrogens is 243 g/mol. The topological polar surface area (TPSA) is 46.0 Å². The molecule has 0 bridgehead atoms. The van der Waals surface area contributed by atoms with Crippen LogP contribution in [0, 0.1) is 5.82 Å². The van der Waals surface area contributed by atoms with Crippen LogP contribution in [0.2, 0.25) is 0 Å². The fourth-order valence-electron chi connectivity index (χ4n) is 1.96. The van der Waals surface area contributed by atoms with Crippen LogP contribution in [-0.2, 0) is 0 Å². The Morgan fingerprint density at radius 1 is 1.00 bits per heavy atom. The molecule has 4 heteroatoms. The van der Waals surface area contributed by atoms with E-state index in [1.54, 1.807) is 6.20 Å². The van der Waals surface area contributed by atoms with Gasteiger partial charge in [0.05, 0.1) is 17.4 Å². The number of halogens is 1. The number of aliphatic hydroxyl groups is 1. The number of nitrogens with zero attached hydrogens (tertiary/aromatic N) is 2. The monoisotopic (exact) mass is 254 g/mol. The molecule has 0 spiro atoms. The number of pyridine rings is 2. The molecule has 2 aromatic heterocycles. The first kappa shape index (κ1) is 11.7. The third kappa shape index (κ3) is 2.30. The molecule has 19 heavy (non-hydrogen) atoms. The van der Waals surface area contributed by atoms with Gasteiger partial charge >= 0.3 is 0 Å². The minimum atomic E-state index is -0.905. The quantitative estimate of drug-likeness (QED) is 0.764. The Bertz CT molecular complexity index is 713. The van der Waals surface area contributed by atoms with E-state index in [4.69, 9.17) is 0 Å². The molecule has 1 unspecified atom stereocenters. The molecule has 1 N–H and O–H groups in total. The van der Waals surface area contributed by atoms with E-state index in [1.165, 1.54) is 12.1 Å². The van der Waals surface area contributed by atoms with Crippen LogP contribution in [0.5, 0.6) is 0 Å². The van der Waals surface area contributed by atoms with Crippen LogP contribution in [0.15, 0.2) is 54.9 Å². The van der Waals surface area contributed by atoms with Crippen molar-refractivity contribution in [1.29, 1.82) is 0 Å². The summed E-state index contributed by atoms with van der Waals surface area (Å²) >= 11 is 0. The summed E-state index contributed by atoms with van der Waals surface area (Å²) in [6, 6.07) is 12.3. The summed E-state index contributed by atoms with van der Waals surface area (Å²) in [4.78, 5) is 8.17. The second kappa shape index (κ2) is 4.74. The van der Waals surface area contributed by atoms with Crippen molar-refractivity contribution in [2.75, 3.05) is 0 Å². The molecule has 1 aromatic carbocycles. The maximum absolute atomic E-state index is 12.8. The lowest BCUT2D eigenvalue weighted by atomic mass is 10.1. The maximum Gasteiger partial charge on any atom is 0.141 e. The number of aliphatic hydroxyl groups excluding tert-OH is 1. The number of fused-ring (bicyclic) bond motifs is 1. The fraction of sp³-hybridized carbons (Fsp3) is 0.0667. The Morgan fingerprint density at radius 3 is 2.63 bits per heavy atom. The molecule has 0 aliphatic rings. The number of aromatic nitrogens is 2. The molecular formula is C15H11FN2O. The zero-order chi connectivity index (χ0) is 13.2. The van der Waals surface area contributed by atoms with Crippen LogP contribution in [0.1, 0.15) is 17.4 Å². The van der Waals surface area contributed by atoms with Crippen molar-refractivity contribution in [3.05, 3.63) is 71.9 Å². The van der Waals surface area contributed by atoms with Gasteiger partial charge in [-0.1, -0.05) is 18.2 Å². The molecule has 0 amide bonds. The normalized spacial score (nSPS) is 12.5. The standard InChI is InChI=1S/C15H11FN2O/c16-12-5-6-14(18-9-12)15(19)11-7-10-3-1-2-4-13(10)17-8-11/h1-9,15,19H. The van der Waals surface area contributed by atoms with Gasteiger partial charge in [-0.3, -0.25) is 9.97 Å². The first-order chi connectivity index (χ1) is 9.24. The fourth-order valence-corrected chi connectivity index (χ4v) is 1.96. The second-order valence-electron chi connectivity index (χ2n) is 4.27. The molecule has 94 valence electrons. The molecule has 0 fully saturated rings. The van der Waals surface area contributed by atoms with Gasteiger partial charge in [-0.25, -0.2) is 4.39 Å². The number of benzene rings is 1. The maximum atomic E-state index is 12.8. The molecule has 0 saturated carbocycles. The van der Waals surface area contributed by atoms with E-state index in [0.29, 0.717) is 11.3 Å². The Morgan fingerprint density at radius 2 is 1.84 bits per heavy atom. The summed E-state index contributed by atoms with van der Waals surface area (Å²) in [5.41, 5.74) is 1.90. The average molecular weight is 254 g/mol. The van der Waals surface area contributed by atoms with Gasteiger partial charge in [0.2, 0.25) is 0 Å². The summed E-state index contributed by atoms with van der Waals surface area (Å²) in [6.07, 6.45) is 1.79. The Hall–Kier alpha value is -2.33. The van der Waals surface area contributed by atoms with Gasteiger partial charge in [0.15, 0.2) is 0 Å². The minimum Gasteiger partial charge on any atom is -0.382 e. The van der Waals surface area contributed by atoms with E-state index in [2.05, 4.69) is 9.97 Å². The van der Waals surface area contributed by atoms with Gasteiger partial charge in [0, 0.05) is 17.1 Å². The smallest absolute Gasteiger partial charge is 0.141 e. The van der Waals surface area contributed by atoms with E-state index in [1.807, 2.05) is 30.3 Å². The minimum absolute atomic E-state index is 0.401. The van der Waals surface area contributed by atoms with Crippen LogP contribution in [0.4, 0.5) is 4.39 Å². The molecule has 0 aliphatic carbocycles. The van der Waals surface area contributed by atoms with Crippen molar-refractivity contribution in [3.63, 3.8) is 0 Å². The molecule has 3 rings (SSSR count). The first-order valence-corrected chi connectivity index (χ1v) is 5.88. The van der Waals surface area contributed by atoms with Crippen molar-refractivity contribution in [3.8, 4) is 0 Å². The molecule has 3 nitrogen and oxygen atoms in total. The van der Waals surface area contributed by atoms with E-state index < -0.39 is 11.9 Å². The summed E-state index contributed by atoms with van der Waals surface area (Å²) in [7, 11) is 0. The predicted molar refractivity (Wildman–Crippen MR) is 70.0 cm³/mol. The SMILES string of the molecule is OC(c1cnc2ccccc2c1)c1ccc(F)cn1. The zero-order valence-electron chi connectivity index (χ0n) is 9.99. The summed E-state index contributed by atoms with van der Waals surface area (Å²) < 4.78 is 12.8.